The normalized spacial score (nSPS) is 9.47. The molecule has 0 heterocycles. The summed E-state index contributed by atoms with van der Waals surface area (Å²) in [5, 5.41) is 0. The van der Waals surface area contributed by atoms with Crippen molar-refractivity contribution in [2.24, 2.45) is 0 Å². The van der Waals surface area contributed by atoms with Gasteiger partial charge in [-0.25, -0.2) is 4.79 Å². The molecule has 0 N–H and O–H groups in total. The highest BCUT2D eigenvalue weighted by Crippen LogP contribution is 1.93. The first-order chi connectivity index (χ1) is 7.17. The van der Waals surface area contributed by atoms with Crippen LogP contribution < -0.4 is 0 Å². The van der Waals surface area contributed by atoms with Crippen molar-refractivity contribution in [3.63, 3.8) is 0 Å². The highest BCUT2D eigenvalue weighted by Gasteiger charge is 2.21. The molecule has 0 bridgehead atoms. The van der Waals surface area contributed by atoms with Crippen molar-refractivity contribution in [3.8, 4) is 0 Å². The molecule has 0 rings (SSSR count). The second kappa shape index (κ2) is 7.99. The first-order valence-corrected chi connectivity index (χ1v) is 4.73. The average Bonchev–Trinajstić information content (AvgIpc) is 2.23. The molecular weight excluding hydrogens is 198 g/mol. The van der Waals surface area contributed by atoms with Crippen LogP contribution in [0.2, 0.25) is 0 Å². The Bertz CT molecular complexity index is 227. The average molecular weight is 215 g/mol. The third kappa shape index (κ3) is 5.17. The van der Waals surface area contributed by atoms with Gasteiger partial charge in [0.1, 0.15) is 0 Å². The summed E-state index contributed by atoms with van der Waals surface area (Å²) in [6.07, 6.45) is 1.55. The van der Waals surface area contributed by atoms with Crippen molar-refractivity contribution >= 4 is 11.9 Å². The largest absolute Gasteiger partial charge is 0.459 e. The van der Waals surface area contributed by atoms with Crippen LogP contribution in [0.25, 0.3) is 0 Å². The zero-order valence-corrected chi connectivity index (χ0v) is 9.19. The van der Waals surface area contributed by atoms with Gasteiger partial charge in [0.15, 0.2) is 0 Å². The van der Waals surface area contributed by atoms with Crippen molar-refractivity contribution in [2.45, 2.75) is 6.92 Å². The molecule has 0 atom stereocenters. The Morgan fingerprint density at radius 3 is 2.60 bits per heavy atom. The van der Waals surface area contributed by atoms with E-state index in [1.54, 1.807) is 13.0 Å². The van der Waals surface area contributed by atoms with Crippen LogP contribution >= 0.6 is 0 Å². The smallest absolute Gasteiger partial charge is 0.397 e. The second-order valence-corrected chi connectivity index (χ2v) is 2.75. The number of nitrogens with zero attached hydrogens (tertiary/aromatic N) is 1. The predicted octanol–water partition coefficient (Wildman–Crippen LogP) is 0.210. The molecule has 0 aliphatic heterocycles. The van der Waals surface area contributed by atoms with Crippen LogP contribution in [0.3, 0.4) is 0 Å². The minimum absolute atomic E-state index is 0.191. The number of hydrogen-bond donors (Lipinski definition) is 0. The standard InChI is InChI=1S/C10H17NO4/c1-4-6-11(7-8-14-3)9(12)10(13)15-5-2/h4H,1,5-8H2,2-3H3. The third-order valence-corrected chi connectivity index (χ3v) is 1.65. The lowest BCUT2D eigenvalue weighted by Gasteiger charge is -2.19. The fourth-order valence-corrected chi connectivity index (χ4v) is 0.955. The fourth-order valence-electron chi connectivity index (χ4n) is 0.955. The second-order valence-electron chi connectivity index (χ2n) is 2.75. The van der Waals surface area contributed by atoms with E-state index in [2.05, 4.69) is 11.3 Å². The van der Waals surface area contributed by atoms with Crippen LogP contribution in [-0.4, -0.2) is 50.2 Å². The Hall–Kier alpha value is -1.36. The quantitative estimate of drug-likeness (QED) is 0.361. The number of methoxy groups -OCH3 is 1. The molecule has 0 aromatic carbocycles. The van der Waals surface area contributed by atoms with Crippen molar-refractivity contribution in [1.29, 1.82) is 0 Å². The zero-order chi connectivity index (χ0) is 11.7. The molecule has 0 fully saturated rings. The van der Waals surface area contributed by atoms with Crippen molar-refractivity contribution in [3.05, 3.63) is 12.7 Å². The van der Waals surface area contributed by atoms with E-state index in [1.165, 1.54) is 12.0 Å². The van der Waals surface area contributed by atoms with Gasteiger partial charge in [0.2, 0.25) is 0 Å². The van der Waals surface area contributed by atoms with Gasteiger partial charge in [-0.05, 0) is 6.92 Å². The van der Waals surface area contributed by atoms with E-state index in [4.69, 9.17) is 4.74 Å². The Morgan fingerprint density at radius 2 is 2.13 bits per heavy atom. The number of rotatable bonds is 6. The third-order valence-electron chi connectivity index (χ3n) is 1.65. The molecule has 15 heavy (non-hydrogen) atoms. The van der Waals surface area contributed by atoms with Gasteiger partial charge in [-0.2, -0.15) is 0 Å². The number of hydrogen-bond acceptors (Lipinski definition) is 4. The predicted molar refractivity (Wildman–Crippen MR) is 55.3 cm³/mol. The molecule has 1 amide bonds. The topological polar surface area (TPSA) is 55.8 Å². The maximum Gasteiger partial charge on any atom is 0.397 e. The molecular formula is C10H17NO4. The summed E-state index contributed by atoms with van der Waals surface area (Å²) < 4.78 is 9.43. The Morgan fingerprint density at radius 1 is 1.47 bits per heavy atom. The molecule has 0 radical (unpaired) electrons. The van der Waals surface area contributed by atoms with Crippen molar-refractivity contribution in [2.75, 3.05) is 33.4 Å². The van der Waals surface area contributed by atoms with Gasteiger partial charge in [-0.15, -0.1) is 6.58 Å². The van der Waals surface area contributed by atoms with E-state index in [0.29, 0.717) is 19.7 Å². The van der Waals surface area contributed by atoms with Crippen molar-refractivity contribution in [1.82, 2.24) is 4.90 Å². The Balaban J connectivity index is 4.26. The lowest BCUT2D eigenvalue weighted by atomic mass is 10.4. The van der Waals surface area contributed by atoms with E-state index >= 15 is 0 Å². The highest BCUT2D eigenvalue weighted by atomic mass is 16.5. The minimum Gasteiger partial charge on any atom is -0.459 e. The van der Waals surface area contributed by atoms with Gasteiger partial charge < -0.3 is 14.4 Å². The number of amides is 1. The van der Waals surface area contributed by atoms with E-state index in [-0.39, 0.29) is 6.61 Å². The van der Waals surface area contributed by atoms with Crippen LogP contribution in [0.1, 0.15) is 6.92 Å². The molecule has 0 saturated heterocycles. The lowest BCUT2D eigenvalue weighted by molar-refractivity contribution is -0.159. The lowest BCUT2D eigenvalue weighted by Crippen LogP contribution is -2.39. The number of carbonyl (C=O) groups excluding carboxylic acids is 2. The fraction of sp³-hybridized carbons (Fsp3) is 0.600. The summed E-state index contributed by atoms with van der Waals surface area (Å²) in [6, 6.07) is 0. The number of carbonyl (C=O) groups is 2. The molecule has 0 aliphatic rings. The number of ether oxygens (including phenoxy) is 2. The molecule has 5 nitrogen and oxygen atoms in total. The van der Waals surface area contributed by atoms with Crippen LogP contribution in [0.15, 0.2) is 12.7 Å². The van der Waals surface area contributed by atoms with Crippen LogP contribution in [-0.2, 0) is 19.1 Å². The summed E-state index contributed by atoms with van der Waals surface area (Å²) >= 11 is 0. The summed E-state index contributed by atoms with van der Waals surface area (Å²) in [5.74, 6) is -1.50. The minimum atomic E-state index is -0.838. The van der Waals surface area contributed by atoms with Gasteiger partial charge in [-0.3, -0.25) is 4.79 Å². The molecule has 86 valence electrons. The van der Waals surface area contributed by atoms with Crippen LogP contribution in [0.5, 0.6) is 0 Å². The molecule has 0 spiro atoms. The van der Waals surface area contributed by atoms with Gasteiger partial charge in [-0.1, -0.05) is 6.08 Å². The molecule has 0 unspecified atom stereocenters. The van der Waals surface area contributed by atoms with Crippen LogP contribution in [0.4, 0.5) is 0 Å². The summed E-state index contributed by atoms with van der Waals surface area (Å²) in [6.45, 7) is 6.38. The van der Waals surface area contributed by atoms with Crippen LogP contribution in [0, 0.1) is 0 Å². The monoisotopic (exact) mass is 215 g/mol. The SMILES string of the molecule is C=CCN(CCOC)C(=O)C(=O)OCC. The van der Waals surface area contributed by atoms with Gasteiger partial charge in [0.25, 0.3) is 0 Å². The van der Waals surface area contributed by atoms with Gasteiger partial charge in [0, 0.05) is 20.2 Å². The maximum absolute atomic E-state index is 11.5. The van der Waals surface area contributed by atoms with Gasteiger partial charge in [0.05, 0.1) is 13.2 Å². The van der Waals surface area contributed by atoms with E-state index in [1.807, 2.05) is 0 Å². The zero-order valence-electron chi connectivity index (χ0n) is 9.19. The molecule has 0 aliphatic carbocycles. The summed E-state index contributed by atoms with van der Waals surface area (Å²) in [5.41, 5.74) is 0. The van der Waals surface area contributed by atoms with E-state index in [0.717, 1.165) is 0 Å². The van der Waals surface area contributed by atoms with Crippen molar-refractivity contribution < 1.29 is 19.1 Å². The Labute approximate surface area is 89.6 Å². The Kier molecular flexibility index (Phi) is 7.27. The molecule has 0 aromatic rings. The first kappa shape index (κ1) is 13.6. The van der Waals surface area contributed by atoms with E-state index < -0.39 is 11.9 Å². The molecule has 5 heteroatoms. The first-order valence-electron chi connectivity index (χ1n) is 4.73. The number of esters is 1. The maximum atomic E-state index is 11.5. The summed E-state index contributed by atoms with van der Waals surface area (Å²) in [4.78, 5) is 23.9. The molecule has 0 saturated carbocycles. The molecule has 0 aromatic heterocycles. The summed E-state index contributed by atoms with van der Waals surface area (Å²) in [7, 11) is 1.53. The van der Waals surface area contributed by atoms with E-state index in [9.17, 15) is 9.59 Å². The van der Waals surface area contributed by atoms with Gasteiger partial charge >= 0.3 is 11.9 Å². The highest BCUT2D eigenvalue weighted by molar-refractivity contribution is 6.32.